The van der Waals surface area contributed by atoms with Crippen LogP contribution in [0.15, 0.2) is 11.5 Å². The Balaban J connectivity index is 2.40. The van der Waals surface area contributed by atoms with Crippen molar-refractivity contribution in [3.8, 4) is 0 Å². The van der Waals surface area contributed by atoms with Crippen LogP contribution in [0.25, 0.3) is 0 Å². The molecule has 0 aromatic rings. The Bertz CT molecular complexity index is 126. The van der Waals surface area contributed by atoms with Gasteiger partial charge >= 0.3 is 7.12 Å². The summed E-state index contributed by atoms with van der Waals surface area (Å²) in [6, 6.07) is 0. The van der Waals surface area contributed by atoms with Gasteiger partial charge in [0.1, 0.15) is 0 Å². The second-order valence-electron chi connectivity index (χ2n) is 2.16. The molecule has 50 valence electrons. The monoisotopic (exact) mass is 127 g/mol. The molecule has 3 nitrogen and oxygen atoms in total. The van der Waals surface area contributed by atoms with Crippen molar-refractivity contribution in [2.45, 2.75) is 19.3 Å². The second kappa shape index (κ2) is 3.01. The maximum atomic E-state index is 8.94. The molecular formula is C5H10BNO2. The van der Waals surface area contributed by atoms with Gasteiger partial charge in [-0.3, -0.25) is 0 Å². The van der Waals surface area contributed by atoms with Crippen LogP contribution < -0.4 is 5.90 Å². The molecule has 1 aliphatic rings. The summed E-state index contributed by atoms with van der Waals surface area (Å²) in [5.41, 5.74) is 0.914. The summed E-state index contributed by atoms with van der Waals surface area (Å²) in [5, 5.41) is 8.94. The zero-order valence-corrected chi connectivity index (χ0v) is 5.21. The average molecular weight is 127 g/mol. The fraction of sp³-hybridized carbons (Fsp3) is 0.600. The van der Waals surface area contributed by atoms with Crippen LogP contribution in [0.1, 0.15) is 19.3 Å². The average Bonchev–Trinajstić information content (AvgIpc) is 2.37. The first kappa shape index (κ1) is 6.80. The minimum absolute atomic E-state index is 0.868. The third-order valence-corrected chi connectivity index (χ3v) is 1.52. The fourth-order valence-electron chi connectivity index (χ4n) is 1.01. The van der Waals surface area contributed by atoms with E-state index in [2.05, 4.69) is 4.76 Å². The molecule has 0 unspecified atom stereocenters. The number of rotatable bonds is 2. The van der Waals surface area contributed by atoms with Gasteiger partial charge in [-0.05, 0) is 24.7 Å². The molecule has 0 aromatic carbocycles. The summed E-state index contributed by atoms with van der Waals surface area (Å²) >= 11 is 0. The predicted molar refractivity (Wildman–Crippen MR) is 35.2 cm³/mol. The SMILES string of the molecule is NOB(O)C1=CCCC1. The molecule has 0 saturated heterocycles. The van der Waals surface area contributed by atoms with Gasteiger partial charge in [-0.15, -0.1) is 0 Å². The van der Waals surface area contributed by atoms with Crippen molar-refractivity contribution in [3.05, 3.63) is 11.5 Å². The normalized spacial score (nSPS) is 17.8. The van der Waals surface area contributed by atoms with Gasteiger partial charge in [0.15, 0.2) is 0 Å². The molecule has 0 amide bonds. The Morgan fingerprint density at radius 1 is 1.78 bits per heavy atom. The van der Waals surface area contributed by atoms with E-state index in [0.717, 1.165) is 24.7 Å². The van der Waals surface area contributed by atoms with Crippen LogP contribution in [-0.4, -0.2) is 12.1 Å². The van der Waals surface area contributed by atoms with Gasteiger partial charge in [0.25, 0.3) is 0 Å². The summed E-state index contributed by atoms with van der Waals surface area (Å²) in [5.74, 6) is 4.76. The van der Waals surface area contributed by atoms with E-state index in [1.165, 1.54) is 0 Å². The quantitative estimate of drug-likeness (QED) is 0.405. The minimum Gasteiger partial charge on any atom is -0.422 e. The molecule has 0 spiro atoms. The molecule has 0 bridgehead atoms. The Hall–Kier alpha value is -0.315. The number of allylic oxidation sites excluding steroid dienone is 2. The third-order valence-electron chi connectivity index (χ3n) is 1.52. The van der Waals surface area contributed by atoms with E-state index in [9.17, 15) is 0 Å². The topological polar surface area (TPSA) is 55.5 Å². The van der Waals surface area contributed by atoms with Gasteiger partial charge in [0.2, 0.25) is 0 Å². The van der Waals surface area contributed by atoms with Crippen molar-refractivity contribution in [1.29, 1.82) is 0 Å². The summed E-state index contributed by atoms with van der Waals surface area (Å²) < 4.78 is 4.22. The third kappa shape index (κ3) is 1.54. The predicted octanol–water partition coefficient (Wildman–Crippen LogP) is 0.00670. The van der Waals surface area contributed by atoms with Crippen molar-refractivity contribution >= 4 is 7.12 Å². The van der Waals surface area contributed by atoms with Gasteiger partial charge in [-0.2, -0.15) is 0 Å². The first-order valence-electron chi connectivity index (χ1n) is 3.07. The lowest BCUT2D eigenvalue weighted by Crippen LogP contribution is -2.24. The van der Waals surface area contributed by atoms with Crippen LogP contribution in [0.4, 0.5) is 0 Å². The lowest BCUT2D eigenvalue weighted by atomic mass is 9.79. The molecule has 0 aliphatic heterocycles. The first-order valence-corrected chi connectivity index (χ1v) is 3.07. The highest BCUT2D eigenvalue weighted by molar-refractivity contribution is 6.52. The highest BCUT2D eigenvalue weighted by Gasteiger charge is 2.20. The minimum atomic E-state index is -0.868. The molecule has 4 heteroatoms. The summed E-state index contributed by atoms with van der Waals surface area (Å²) in [6.07, 6.45) is 5.03. The van der Waals surface area contributed by atoms with Crippen LogP contribution in [0.3, 0.4) is 0 Å². The van der Waals surface area contributed by atoms with Crippen molar-refractivity contribution < 1.29 is 9.78 Å². The zero-order chi connectivity index (χ0) is 6.69. The Kier molecular flexibility index (Phi) is 2.27. The Morgan fingerprint density at radius 3 is 3.00 bits per heavy atom. The first-order chi connectivity index (χ1) is 4.34. The summed E-state index contributed by atoms with van der Waals surface area (Å²) in [7, 11) is -0.868. The Labute approximate surface area is 54.6 Å². The molecule has 0 radical (unpaired) electrons. The van der Waals surface area contributed by atoms with Crippen LogP contribution in [-0.2, 0) is 4.76 Å². The lowest BCUT2D eigenvalue weighted by molar-refractivity contribution is 0.276. The van der Waals surface area contributed by atoms with Gasteiger partial charge in [-0.1, -0.05) is 6.08 Å². The molecule has 9 heavy (non-hydrogen) atoms. The maximum Gasteiger partial charge on any atom is 0.503 e. The van der Waals surface area contributed by atoms with Crippen molar-refractivity contribution in [3.63, 3.8) is 0 Å². The van der Waals surface area contributed by atoms with Gasteiger partial charge in [0, 0.05) is 0 Å². The van der Waals surface area contributed by atoms with Crippen LogP contribution in [0.5, 0.6) is 0 Å². The smallest absolute Gasteiger partial charge is 0.422 e. The van der Waals surface area contributed by atoms with E-state index in [1.54, 1.807) is 0 Å². The fourth-order valence-corrected chi connectivity index (χ4v) is 1.01. The van der Waals surface area contributed by atoms with Gasteiger partial charge in [-0.25, -0.2) is 5.90 Å². The van der Waals surface area contributed by atoms with Crippen molar-refractivity contribution in [2.24, 2.45) is 5.90 Å². The van der Waals surface area contributed by atoms with E-state index >= 15 is 0 Å². The van der Waals surface area contributed by atoms with Gasteiger partial charge < -0.3 is 9.78 Å². The molecule has 0 fully saturated rings. The number of hydrogen-bond acceptors (Lipinski definition) is 3. The maximum absolute atomic E-state index is 8.94. The largest absolute Gasteiger partial charge is 0.503 e. The molecule has 0 aromatic heterocycles. The molecular weight excluding hydrogens is 117 g/mol. The van der Waals surface area contributed by atoms with E-state index in [1.807, 2.05) is 6.08 Å². The molecule has 0 heterocycles. The number of hydrogen-bond donors (Lipinski definition) is 2. The lowest BCUT2D eigenvalue weighted by Gasteiger charge is -2.00. The summed E-state index contributed by atoms with van der Waals surface area (Å²) in [4.78, 5) is 0. The summed E-state index contributed by atoms with van der Waals surface area (Å²) in [6.45, 7) is 0. The molecule has 0 saturated carbocycles. The molecule has 0 atom stereocenters. The van der Waals surface area contributed by atoms with E-state index in [0.29, 0.717) is 0 Å². The van der Waals surface area contributed by atoms with E-state index in [4.69, 9.17) is 10.9 Å². The molecule has 1 aliphatic carbocycles. The highest BCUT2D eigenvalue weighted by atomic mass is 16.6. The Morgan fingerprint density at radius 2 is 2.56 bits per heavy atom. The van der Waals surface area contributed by atoms with Crippen LogP contribution >= 0.6 is 0 Å². The zero-order valence-electron chi connectivity index (χ0n) is 5.21. The van der Waals surface area contributed by atoms with Crippen LogP contribution in [0, 0.1) is 0 Å². The van der Waals surface area contributed by atoms with Crippen LogP contribution in [0.2, 0.25) is 0 Å². The standard InChI is InChI=1S/C5H10BNO2/c7-9-6(8)5-3-1-2-4-5/h3,8H,1-2,4,7H2. The van der Waals surface area contributed by atoms with Crippen molar-refractivity contribution in [1.82, 2.24) is 0 Å². The van der Waals surface area contributed by atoms with E-state index in [-0.39, 0.29) is 0 Å². The number of nitrogens with two attached hydrogens (primary N) is 1. The van der Waals surface area contributed by atoms with Gasteiger partial charge in [0.05, 0.1) is 0 Å². The van der Waals surface area contributed by atoms with Crippen molar-refractivity contribution in [2.75, 3.05) is 0 Å². The highest BCUT2D eigenvalue weighted by Crippen LogP contribution is 2.18. The second-order valence-corrected chi connectivity index (χ2v) is 2.16. The molecule has 3 N–H and O–H groups in total. The van der Waals surface area contributed by atoms with E-state index < -0.39 is 7.12 Å². The molecule has 1 rings (SSSR count).